The molecule has 1 aliphatic heterocycles. The second-order valence-electron chi connectivity index (χ2n) is 3.90. The van der Waals surface area contributed by atoms with Crippen LogP contribution < -0.4 is 19.7 Å². The van der Waals surface area contributed by atoms with Crippen molar-refractivity contribution in [3.05, 3.63) is 16.6 Å². The van der Waals surface area contributed by atoms with E-state index in [4.69, 9.17) is 9.47 Å². The maximum atomic E-state index is 5.35. The number of rotatable bonds is 3. The molecule has 1 N–H and O–H groups in total. The summed E-state index contributed by atoms with van der Waals surface area (Å²) >= 11 is 3.52. The third-order valence-electron chi connectivity index (χ3n) is 2.90. The van der Waals surface area contributed by atoms with Crippen LogP contribution in [-0.2, 0) is 0 Å². The molecule has 5 heteroatoms. The van der Waals surface area contributed by atoms with Crippen LogP contribution in [0.3, 0.4) is 0 Å². The van der Waals surface area contributed by atoms with Gasteiger partial charge in [-0.3, -0.25) is 0 Å². The smallest absolute Gasteiger partial charge is 0.175 e. The lowest BCUT2D eigenvalue weighted by atomic mass is 10.2. The van der Waals surface area contributed by atoms with Crippen molar-refractivity contribution in [2.45, 2.75) is 0 Å². The molecule has 17 heavy (non-hydrogen) atoms. The van der Waals surface area contributed by atoms with Crippen LogP contribution in [0.25, 0.3) is 0 Å². The Hall–Kier alpha value is -0.940. The third kappa shape index (κ3) is 2.66. The summed E-state index contributed by atoms with van der Waals surface area (Å²) in [5.74, 6) is 1.50. The van der Waals surface area contributed by atoms with Crippen LogP contribution in [0.4, 0.5) is 5.69 Å². The van der Waals surface area contributed by atoms with Crippen LogP contribution in [0.1, 0.15) is 0 Å². The molecule has 0 atom stereocenters. The molecule has 1 aliphatic rings. The molecule has 1 heterocycles. The van der Waals surface area contributed by atoms with Crippen LogP contribution in [0, 0.1) is 0 Å². The number of hydrogen-bond acceptors (Lipinski definition) is 4. The topological polar surface area (TPSA) is 33.7 Å². The number of anilines is 1. The molecular formula is C12H17BrN2O2. The van der Waals surface area contributed by atoms with Gasteiger partial charge in [-0.2, -0.15) is 0 Å². The van der Waals surface area contributed by atoms with E-state index in [1.807, 2.05) is 6.07 Å². The van der Waals surface area contributed by atoms with Crippen molar-refractivity contribution in [2.75, 3.05) is 45.3 Å². The molecule has 0 saturated carbocycles. The van der Waals surface area contributed by atoms with Gasteiger partial charge in [0, 0.05) is 37.9 Å². The summed E-state index contributed by atoms with van der Waals surface area (Å²) in [7, 11) is 3.30. The summed E-state index contributed by atoms with van der Waals surface area (Å²) in [6.45, 7) is 4.07. The number of halogens is 1. The van der Waals surface area contributed by atoms with Crippen LogP contribution in [0.5, 0.6) is 11.5 Å². The van der Waals surface area contributed by atoms with Crippen molar-refractivity contribution in [3.8, 4) is 11.5 Å². The first kappa shape index (κ1) is 12.5. The Morgan fingerprint density at radius 1 is 1.18 bits per heavy atom. The molecule has 0 spiro atoms. The SMILES string of the molecule is COc1cc(N2CCNCC2)cc(Br)c1OC. The first-order valence-electron chi connectivity index (χ1n) is 5.63. The van der Waals surface area contributed by atoms with Gasteiger partial charge in [-0.05, 0) is 22.0 Å². The molecule has 1 aromatic rings. The fourth-order valence-corrected chi connectivity index (χ4v) is 2.60. The molecule has 0 amide bonds. The van der Waals surface area contributed by atoms with Gasteiger partial charge in [0.25, 0.3) is 0 Å². The normalized spacial score (nSPS) is 15.8. The molecule has 0 bridgehead atoms. The highest BCUT2D eigenvalue weighted by molar-refractivity contribution is 9.10. The Kier molecular flexibility index (Phi) is 4.12. The van der Waals surface area contributed by atoms with E-state index in [9.17, 15) is 0 Å². The molecule has 2 rings (SSSR count). The minimum Gasteiger partial charge on any atom is -0.493 e. The number of nitrogens with one attached hydrogen (secondary N) is 1. The van der Waals surface area contributed by atoms with Gasteiger partial charge in [0.1, 0.15) is 0 Å². The van der Waals surface area contributed by atoms with E-state index < -0.39 is 0 Å². The van der Waals surface area contributed by atoms with E-state index in [1.54, 1.807) is 14.2 Å². The van der Waals surface area contributed by atoms with Gasteiger partial charge in [0.05, 0.1) is 18.7 Å². The van der Waals surface area contributed by atoms with Gasteiger partial charge in [-0.25, -0.2) is 0 Å². The van der Waals surface area contributed by atoms with E-state index in [0.29, 0.717) is 0 Å². The van der Waals surface area contributed by atoms with E-state index in [0.717, 1.165) is 47.8 Å². The maximum absolute atomic E-state index is 5.35. The second-order valence-corrected chi connectivity index (χ2v) is 4.75. The van der Waals surface area contributed by atoms with Crippen LogP contribution in [0.2, 0.25) is 0 Å². The summed E-state index contributed by atoms with van der Waals surface area (Å²) in [4.78, 5) is 2.34. The molecule has 0 aromatic heterocycles. The van der Waals surface area contributed by atoms with Crippen LogP contribution in [-0.4, -0.2) is 40.4 Å². The van der Waals surface area contributed by atoms with Crippen molar-refractivity contribution in [3.63, 3.8) is 0 Å². The largest absolute Gasteiger partial charge is 0.493 e. The van der Waals surface area contributed by atoms with E-state index in [1.165, 1.54) is 0 Å². The van der Waals surface area contributed by atoms with Crippen molar-refractivity contribution in [2.24, 2.45) is 0 Å². The fourth-order valence-electron chi connectivity index (χ4n) is 2.01. The van der Waals surface area contributed by atoms with Gasteiger partial charge >= 0.3 is 0 Å². The summed E-state index contributed by atoms with van der Waals surface area (Å²) < 4.78 is 11.6. The van der Waals surface area contributed by atoms with Gasteiger partial charge in [0.2, 0.25) is 0 Å². The quantitative estimate of drug-likeness (QED) is 0.924. The zero-order chi connectivity index (χ0) is 12.3. The van der Waals surface area contributed by atoms with E-state index in [2.05, 4.69) is 32.2 Å². The van der Waals surface area contributed by atoms with Crippen molar-refractivity contribution < 1.29 is 9.47 Å². The molecule has 0 unspecified atom stereocenters. The summed E-state index contributed by atoms with van der Waals surface area (Å²) in [6, 6.07) is 4.10. The molecule has 4 nitrogen and oxygen atoms in total. The zero-order valence-corrected chi connectivity index (χ0v) is 11.7. The average molecular weight is 301 g/mol. The fraction of sp³-hybridized carbons (Fsp3) is 0.500. The average Bonchev–Trinajstić information content (AvgIpc) is 2.38. The summed E-state index contributed by atoms with van der Waals surface area (Å²) in [5.41, 5.74) is 1.16. The Morgan fingerprint density at radius 3 is 2.47 bits per heavy atom. The maximum Gasteiger partial charge on any atom is 0.175 e. The second kappa shape index (κ2) is 5.60. The van der Waals surface area contributed by atoms with Crippen molar-refractivity contribution >= 4 is 21.6 Å². The predicted molar refractivity (Wildman–Crippen MR) is 72.3 cm³/mol. The Balaban J connectivity index is 2.31. The van der Waals surface area contributed by atoms with Crippen molar-refractivity contribution in [1.82, 2.24) is 5.32 Å². The minimum absolute atomic E-state index is 0.742. The highest BCUT2D eigenvalue weighted by Crippen LogP contribution is 2.39. The Bertz CT molecular complexity index is 392. The monoisotopic (exact) mass is 300 g/mol. The number of hydrogen-bond donors (Lipinski definition) is 1. The number of nitrogens with zero attached hydrogens (tertiary/aromatic N) is 1. The predicted octanol–water partition coefficient (Wildman–Crippen LogP) is 1.88. The van der Waals surface area contributed by atoms with Gasteiger partial charge in [0.15, 0.2) is 11.5 Å². The molecule has 1 saturated heterocycles. The highest BCUT2D eigenvalue weighted by atomic mass is 79.9. The van der Waals surface area contributed by atoms with Crippen LogP contribution in [0.15, 0.2) is 16.6 Å². The van der Waals surface area contributed by atoms with Gasteiger partial charge in [-0.1, -0.05) is 0 Å². The lowest BCUT2D eigenvalue weighted by molar-refractivity contribution is 0.353. The first-order chi connectivity index (χ1) is 8.26. The van der Waals surface area contributed by atoms with E-state index >= 15 is 0 Å². The number of benzene rings is 1. The third-order valence-corrected chi connectivity index (χ3v) is 3.49. The highest BCUT2D eigenvalue weighted by Gasteiger charge is 2.16. The minimum atomic E-state index is 0.742. The number of piperazine rings is 1. The molecule has 0 radical (unpaired) electrons. The molecule has 1 fully saturated rings. The lowest BCUT2D eigenvalue weighted by Crippen LogP contribution is -2.43. The van der Waals surface area contributed by atoms with Gasteiger partial charge < -0.3 is 19.7 Å². The standard InChI is InChI=1S/C12H17BrN2O2/c1-16-11-8-9(7-10(13)12(11)17-2)15-5-3-14-4-6-15/h7-8,14H,3-6H2,1-2H3. The molecule has 0 aliphatic carbocycles. The zero-order valence-electron chi connectivity index (χ0n) is 10.1. The van der Waals surface area contributed by atoms with Gasteiger partial charge in [-0.15, -0.1) is 0 Å². The van der Waals surface area contributed by atoms with E-state index in [-0.39, 0.29) is 0 Å². The number of methoxy groups -OCH3 is 2. The van der Waals surface area contributed by atoms with Crippen molar-refractivity contribution in [1.29, 1.82) is 0 Å². The lowest BCUT2D eigenvalue weighted by Gasteiger charge is -2.30. The summed E-state index contributed by atoms with van der Waals surface area (Å²) in [5, 5.41) is 3.34. The molecule has 94 valence electrons. The van der Waals surface area contributed by atoms with Crippen LogP contribution >= 0.6 is 15.9 Å². The molecular weight excluding hydrogens is 284 g/mol. The summed E-state index contributed by atoms with van der Waals surface area (Å²) in [6.07, 6.45) is 0. The Morgan fingerprint density at radius 2 is 1.88 bits per heavy atom. The Labute approximate surface area is 110 Å². The molecule has 1 aromatic carbocycles. The number of ether oxygens (including phenoxy) is 2. The first-order valence-corrected chi connectivity index (χ1v) is 6.42.